The zero-order valence-electron chi connectivity index (χ0n) is 11.8. The Labute approximate surface area is 142 Å². The first-order chi connectivity index (χ1) is 11.2. The summed E-state index contributed by atoms with van der Waals surface area (Å²) in [5, 5.41) is 16.5. The number of hydrogen-bond acceptors (Lipinski definition) is 4. The second kappa shape index (κ2) is 5.68. The molecule has 2 heterocycles. The summed E-state index contributed by atoms with van der Waals surface area (Å²) in [6.45, 7) is 0. The topological polar surface area (TPSA) is 55.6 Å². The Morgan fingerprint density at radius 3 is 2.57 bits per heavy atom. The summed E-state index contributed by atoms with van der Waals surface area (Å²) in [4.78, 5) is 0. The third-order valence-electron chi connectivity index (χ3n) is 3.71. The molecule has 1 aliphatic heterocycles. The van der Waals surface area contributed by atoms with Gasteiger partial charge in [-0.3, -0.25) is 0 Å². The molecule has 0 bridgehead atoms. The predicted molar refractivity (Wildman–Crippen MR) is 90.5 cm³/mol. The molecule has 0 unspecified atom stereocenters. The highest BCUT2D eigenvalue weighted by Crippen LogP contribution is 2.34. The number of halogens is 2. The number of allylic oxidation sites excluding steroid dienone is 1. The number of benzene rings is 2. The maximum atomic E-state index is 6.36. The van der Waals surface area contributed by atoms with Crippen LogP contribution in [0.1, 0.15) is 17.2 Å². The van der Waals surface area contributed by atoms with Crippen molar-refractivity contribution in [1.82, 2.24) is 20.2 Å². The first kappa shape index (κ1) is 14.2. The molecule has 0 amide bonds. The van der Waals surface area contributed by atoms with E-state index in [0.717, 1.165) is 16.8 Å². The fourth-order valence-electron chi connectivity index (χ4n) is 2.59. The quantitative estimate of drug-likeness (QED) is 0.762. The Morgan fingerprint density at radius 1 is 1.00 bits per heavy atom. The van der Waals surface area contributed by atoms with Gasteiger partial charge in [0.25, 0.3) is 0 Å². The van der Waals surface area contributed by atoms with Gasteiger partial charge in [-0.1, -0.05) is 58.6 Å². The monoisotopic (exact) mass is 343 g/mol. The van der Waals surface area contributed by atoms with Crippen LogP contribution in [0.15, 0.2) is 54.6 Å². The summed E-state index contributed by atoms with van der Waals surface area (Å²) in [5.41, 5.74) is 2.85. The largest absolute Gasteiger partial charge is 0.323 e. The van der Waals surface area contributed by atoms with E-state index in [1.165, 1.54) is 0 Å². The summed E-state index contributed by atoms with van der Waals surface area (Å²) in [7, 11) is 0. The normalized spacial score (nSPS) is 16.4. The van der Waals surface area contributed by atoms with Crippen LogP contribution in [0.5, 0.6) is 0 Å². The molecule has 1 atom stereocenters. The average molecular weight is 344 g/mol. The van der Waals surface area contributed by atoms with Crippen LogP contribution in [0.3, 0.4) is 0 Å². The molecule has 3 aromatic rings. The second-order valence-electron chi connectivity index (χ2n) is 5.13. The van der Waals surface area contributed by atoms with E-state index in [2.05, 4.69) is 20.8 Å². The molecule has 4 rings (SSSR count). The number of aromatic nitrogens is 4. The minimum Gasteiger partial charge on any atom is -0.323 e. The maximum Gasteiger partial charge on any atom is 0.248 e. The van der Waals surface area contributed by atoms with E-state index in [9.17, 15) is 0 Å². The Morgan fingerprint density at radius 2 is 1.78 bits per heavy atom. The van der Waals surface area contributed by atoms with E-state index in [-0.39, 0.29) is 6.04 Å². The van der Waals surface area contributed by atoms with E-state index in [1.54, 1.807) is 4.68 Å². The standard InChI is InChI=1S/C16H11Cl2N5/c17-11-7-5-10(6-8-11)14-9-15(12-3-1-2-4-13(12)18)23-16(19-14)20-21-22-23/h1-9,15H,(H,19,20,22)/t15-/m0/s1. The van der Waals surface area contributed by atoms with Crippen LogP contribution < -0.4 is 5.32 Å². The first-order valence-electron chi connectivity index (χ1n) is 6.99. The van der Waals surface area contributed by atoms with Crippen LogP contribution >= 0.6 is 23.2 Å². The van der Waals surface area contributed by atoms with Gasteiger partial charge in [0, 0.05) is 15.7 Å². The molecule has 0 radical (unpaired) electrons. The maximum absolute atomic E-state index is 6.36. The van der Waals surface area contributed by atoms with Gasteiger partial charge in [-0.25, -0.2) is 0 Å². The summed E-state index contributed by atoms with van der Waals surface area (Å²) in [6, 6.07) is 15.1. The van der Waals surface area contributed by atoms with Crippen molar-refractivity contribution in [2.45, 2.75) is 6.04 Å². The van der Waals surface area contributed by atoms with Gasteiger partial charge in [0.1, 0.15) is 6.04 Å². The number of tetrazole rings is 1. The first-order valence-corrected chi connectivity index (χ1v) is 7.75. The van der Waals surface area contributed by atoms with Crippen molar-refractivity contribution in [3.05, 3.63) is 75.8 Å². The Kier molecular flexibility index (Phi) is 3.52. The van der Waals surface area contributed by atoms with Gasteiger partial charge in [-0.2, -0.15) is 4.68 Å². The summed E-state index contributed by atoms with van der Waals surface area (Å²) in [5.74, 6) is 0.572. The van der Waals surface area contributed by atoms with Crippen LogP contribution in [0.25, 0.3) is 5.70 Å². The zero-order valence-corrected chi connectivity index (χ0v) is 13.3. The number of rotatable bonds is 2. The van der Waals surface area contributed by atoms with Gasteiger partial charge < -0.3 is 5.32 Å². The van der Waals surface area contributed by atoms with Crippen LogP contribution in [0, 0.1) is 0 Å². The molecule has 7 heteroatoms. The lowest BCUT2D eigenvalue weighted by Gasteiger charge is -2.24. The van der Waals surface area contributed by atoms with Crippen molar-refractivity contribution in [1.29, 1.82) is 0 Å². The SMILES string of the molecule is Clc1ccc(C2=C[C@@H](c3ccccc3Cl)n3nnnc3N2)cc1. The molecule has 114 valence electrons. The number of nitrogens with one attached hydrogen (secondary N) is 1. The Bertz CT molecular complexity index is 885. The second-order valence-corrected chi connectivity index (χ2v) is 5.97. The number of fused-ring (bicyclic) bond motifs is 1. The van der Waals surface area contributed by atoms with E-state index in [1.807, 2.05) is 54.6 Å². The van der Waals surface area contributed by atoms with Crippen molar-refractivity contribution >= 4 is 34.8 Å². The number of anilines is 1. The van der Waals surface area contributed by atoms with Crippen LogP contribution in [0.4, 0.5) is 5.95 Å². The molecular weight excluding hydrogens is 333 g/mol. The lowest BCUT2D eigenvalue weighted by atomic mass is 10.0. The highest BCUT2D eigenvalue weighted by molar-refractivity contribution is 6.31. The van der Waals surface area contributed by atoms with Gasteiger partial charge in [-0.15, -0.1) is 0 Å². The molecule has 1 aliphatic rings. The van der Waals surface area contributed by atoms with Gasteiger partial charge in [0.05, 0.1) is 0 Å². The fraction of sp³-hybridized carbons (Fsp3) is 0.0625. The Hall–Kier alpha value is -2.37. The molecule has 0 saturated heterocycles. The van der Waals surface area contributed by atoms with E-state index in [4.69, 9.17) is 23.2 Å². The van der Waals surface area contributed by atoms with Crippen LogP contribution in [-0.4, -0.2) is 20.2 Å². The van der Waals surface area contributed by atoms with Crippen LogP contribution in [-0.2, 0) is 0 Å². The number of hydrogen-bond donors (Lipinski definition) is 1. The summed E-state index contributed by atoms with van der Waals surface area (Å²) < 4.78 is 1.71. The fourth-order valence-corrected chi connectivity index (χ4v) is 2.96. The highest BCUT2D eigenvalue weighted by atomic mass is 35.5. The Balaban J connectivity index is 1.83. The number of nitrogens with zero attached hydrogens (tertiary/aromatic N) is 4. The highest BCUT2D eigenvalue weighted by Gasteiger charge is 2.25. The molecule has 2 aromatic carbocycles. The molecular formula is C16H11Cl2N5. The van der Waals surface area contributed by atoms with Gasteiger partial charge in [-0.05, 0) is 45.8 Å². The molecule has 0 aliphatic carbocycles. The molecule has 0 fully saturated rings. The molecule has 1 N–H and O–H groups in total. The van der Waals surface area contributed by atoms with Crippen molar-refractivity contribution < 1.29 is 0 Å². The molecule has 0 saturated carbocycles. The van der Waals surface area contributed by atoms with Crippen molar-refractivity contribution in [3.8, 4) is 0 Å². The molecule has 1 aromatic heterocycles. The summed E-state index contributed by atoms with van der Waals surface area (Å²) in [6.07, 6.45) is 2.05. The van der Waals surface area contributed by atoms with Crippen molar-refractivity contribution in [3.63, 3.8) is 0 Å². The van der Waals surface area contributed by atoms with E-state index < -0.39 is 0 Å². The minimum absolute atomic E-state index is 0.180. The van der Waals surface area contributed by atoms with Crippen molar-refractivity contribution in [2.75, 3.05) is 5.32 Å². The van der Waals surface area contributed by atoms with Crippen molar-refractivity contribution in [2.24, 2.45) is 0 Å². The minimum atomic E-state index is -0.180. The lowest BCUT2D eigenvalue weighted by molar-refractivity contribution is 0.586. The average Bonchev–Trinajstić information content (AvgIpc) is 3.04. The lowest BCUT2D eigenvalue weighted by Crippen LogP contribution is -2.20. The van der Waals surface area contributed by atoms with Gasteiger partial charge in [0.2, 0.25) is 5.95 Å². The molecule has 0 spiro atoms. The van der Waals surface area contributed by atoms with Gasteiger partial charge >= 0.3 is 0 Å². The van der Waals surface area contributed by atoms with E-state index in [0.29, 0.717) is 16.0 Å². The van der Waals surface area contributed by atoms with E-state index >= 15 is 0 Å². The van der Waals surface area contributed by atoms with Crippen LogP contribution in [0.2, 0.25) is 10.0 Å². The van der Waals surface area contributed by atoms with Gasteiger partial charge in [0.15, 0.2) is 0 Å². The third kappa shape index (κ3) is 2.58. The molecule has 5 nitrogen and oxygen atoms in total. The predicted octanol–water partition coefficient (Wildman–Crippen LogP) is 4.04. The summed E-state index contributed by atoms with van der Waals surface area (Å²) >= 11 is 12.3. The third-order valence-corrected chi connectivity index (χ3v) is 4.30. The smallest absolute Gasteiger partial charge is 0.248 e. The molecule has 23 heavy (non-hydrogen) atoms. The zero-order chi connectivity index (χ0) is 15.8.